The largest absolute Gasteiger partial charge is 0.377 e. The van der Waals surface area contributed by atoms with Crippen molar-refractivity contribution in [2.75, 3.05) is 39.3 Å². The molecule has 0 spiro atoms. The van der Waals surface area contributed by atoms with E-state index in [9.17, 15) is 20.4 Å². The monoisotopic (exact) mass is 296 g/mol. The van der Waals surface area contributed by atoms with Crippen LogP contribution in [0.25, 0.3) is 0 Å². The lowest BCUT2D eigenvalue weighted by molar-refractivity contribution is -0.124. The molecule has 20 heavy (non-hydrogen) atoms. The summed E-state index contributed by atoms with van der Waals surface area (Å²) in [5.74, 6) is 0. The van der Waals surface area contributed by atoms with Crippen LogP contribution < -0.4 is 22.9 Å². The fourth-order valence-electron chi connectivity index (χ4n) is 1.77. The van der Waals surface area contributed by atoms with Gasteiger partial charge in [0.05, 0.1) is 0 Å². The molecule has 122 valence electrons. The first kappa shape index (κ1) is 19.6. The predicted octanol–water partition coefficient (Wildman–Crippen LogP) is -5.30. The Morgan fingerprint density at radius 2 is 0.750 bits per heavy atom. The summed E-state index contributed by atoms with van der Waals surface area (Å²) in [6, 6.07) is 0. The van der Waals surface area contributed by atoms with E-state index in [1.54, 1.807) is 0 Å². The lowest BCUT2D eigenvalue weighted by Crippen LogP contribution is -2.56. The maximum absolute atomic E-state index is 9.72. The van der Waals surface area contributed by atoms with Crippen LogP contribution in [0.2, 0.25) is 0 Å². The molecular formula is C10H28N6O4. The van der Waals surface area contributed by atoms with Gasteiger partial charge in [-0.3, -0.25) is 0 Å². The molecule has 0 aromatic carbocycles. The summed E-state index contributed by atoms with van der Waals surface area (Å²) in [5, 5.41) is 38.9. The van der Waals surface area contributed by atoms with Crippen molar-refractivity contribution < 1.29 is 20.4 Å². The second-order valence-electron chi connectivity index (χ2n) is 4.34. The summed E-state index contributed by atoms with van der Waals surface area (Å²) in [6.07, 6.45) is -4.33. The molecule has 10 heteroatoms. The van der Waals surface area contributed by atoms with Gasteiger partial charge in [0, 0.05) is 39.3 Å². The highest BCUT2D eigenvalue weighted by Crippen LogP contribution is 2.05. The van der Waals surface area contributed by atoms with Crippen molar-refractivity contribution in [1.82, 2.24) is 9.80 Å². The minimum absolute atomic E-state index is 0.0874. The third kappa shape index (κ3) is 5.93. The average Bonchev–Trinajstić information content (AvgIpc) is 2.48. The van der Waals surface area contributed by atoms with E-state index in [1.165, 1.54) is 9.80 Å². The lowest BCUT2D eigenvalue weighted by Gasteiger charge is -2.36. The average molecular weight is 296 g/mol. The maximum Gasteiger partial charge on any atom is 0.121 e. The summed E-state index contributed by atoms with van der Waals surface area (Å²) in [7, 11) is 0. The highest BCUT2D eigenvalue weighted by Gasteiger charge is 2.26. The van der Waals surface area contributed by atoms with Gasteiger partial charge in [-0.2, -0.15) is 0 Å². The van der Waals surface area contributed by atoms with E-state index in [0.717, 1.165) is 0 Å². The zero-order chi connectivity index (χ0) is 15.7. The third-order valence-electron chi connectivity index (χ3n) is 2.99. The van der Waals surface area contributed by atoms with Crippen molar-refractivity contribution in [2.45, 2.75) is 24.9 Å². The standard InChI is InChI=1S/C10H28N6O4/c11-3-7(17)15(8(18)4-12)1-2-16(9(19)5-13)10(20)6-14/h7-10,17-20H,1-6,11-14H2. The zero-order valence-electron chi connectivity index (χ0n) is 11.5. The Morgan fingerprint density at radius 1 is 0.550 bits per heavy atom. The summed E-state index contributed by atoms with van der Waals surface area (Å²) >= 11 is 0. The van der Waals surface area contributed by atoms with Gasteiger partial charge in [-0.25, -0.2) is 9.80 Å². The number of hydrogen-bond donors (Lipinski definition) is 8. The number of nitrogens with zero attached hydrogens (tertiary/aromatic N) is 2. The predicted molar refractivity (Wildman–Crippen MR) is 73.7 cm³/mol. The molecule has 12 N–H and O–H groups in total. The molecular weight excluding hydrogens is 268 g/mol. The van der Waals surface area contributed by atoms with Crippen molar-refractivity contribution in [3.8, 4) is 0 Å². The highest BCUT2D eigenvalue weighted by atomic mass is 16.3. The van der Waals surface area contributed by atoms with E-state index in [2.05, 4.69) is 0 Å². The number of aliphatic hydroxyl groups is 4. The molecule has 0 aliphatic heterocycles. The van der Waals surface area contributed by atoms with Gasteiger partial charge in [-0.1, -0.05) is 0 Å². The molecule has 0 heterocycles. The molecule has 4 unspecified atom stereocenters. The van der Waals surface area contributed by atoms with Gasteiger partial charge in [-0.05, 0) is 0 Å². The number of nitrogens with two attached hydrogens (primary N) is 4. The Bertz CT molecular complexity index is 206. The van der Waals surface area contributed by atoms with Gasteiger partial charge in [-0.15, -0.1) is 0 Å². The van der Waals surface area contributed by atoms with Crippen LogP contribution in [0.5, 0.6) is 0 Å². The molecule has 4 atom stereocenters. The van der Waals surface area contributed by atoms with E-state index in [-0.39, 0.29) is 39.3 Å². The molecule has 0 radical (unpaired) electrons. The maximum atomic E-state index is 9.72. The fourth-order valence-corrected chi connectivity index (χ4v) is 1.77. The minimum atomic E-state index is -1.08. The molecule has 0 fully saturated rings. The molecule has 0 amide bonds. The molecule has 0 aliphatic carbocycles. The van der Waals surface area contributed by atoms with Crippen molar-refractivity contribution >= 4 is 0 Å². The van der Waals surface area contributed by atoms with Crippen LogP contribution in [0, 0.1) is 0 Å². The van der Waals surface area contributed by atoms with Gasteiger partial charge in [0.1, 0.15) is 24.9 Å². The van der Waals surface area contributed by atoms with Crippen LogP contribution >= 0.6 is 0 Å². The molecule has 10 nitrogen and oxygen atoms in total. The Hall–Kier alpha value is -0.400. The topological polar surface area (TPSA) is 191 Å². The molecule has 0 saturated carbocycles. The number of aliphatic hydroxyl groups excluding tert-OH is 4. The van der Waals surface area contributed by atoms with E-state index >= 15 is 0 Å². The first-order valence-electron chi connectivity index (χ1n) is 6.46. The van der Waals surface area contributed by atoms with Crippen LogP contribution in [-0.4, -0.2) is 94.4 Å². The Balaban J connectivity index is 4.68. The van der Waals surface area contributed by atoms with Crippen LogP contribution in [0.1, 0.15) is 0 Å². The van der Waals surface area contributed by atoms with Crippen molar-refractivity contribution in [3.63, 3.8) is 0 Å². The first-order chi connectivity index (χ1) is 9.42. The highest BCUT2D eigenvalue weighted by molar-refractivity contribution is 4.73. The summed E-state index contributed by atoms with van der Waals surface area (Å²) in [5.41, 5.74) is 21.4. The molecule has 0 bridgehead atoms. The number of hydrogen-bond acceptors (Lipinski definition) is 10. The second-order valence-corrected chi connectivity index (χ2v) is 4.34. The quantitative estimate of drug-likeness (QED) is 0.171. The molecule has 0 rings (SSSR count). The Morgan fingerprint density at radius 3 is 0.900 bits per heavy atom. The molecule has 0 aliphatic rings. The van der Waals surface area contributed by atoms with Gasteiger partial charge < -0.3 is 43.4 Å². The van der Waals surface area contributed by atoms with Crippen molar-refractivity contribution in [1.29, 1.82) is 0 Å². The van der Waals surface area contributed by atoms with Crippen molar-refractivity contribution in [2.24, 2.45) is 22.9 Å². The minimum Gasteiger partial charge on any atom is -0.377 e. The summed E-state index contributed by atoms with van der Waals surface area (Å²) < 4.78 is 0. The van der Waals surface area contributed by atoms with Crippen LogP contribution in [0.3, 0.4) is 0 Å². The summed E-state index contributed by atoms with van der Waals surface area (Å²) in [6.45, 7) is -0.118. The van der Waals surface area contributed by atoms with Gasteiger partial charge in [0.25, 0.3) is 0 Å². The van der Waals surface area contributed by atoms with Crippen molar-refractivity contribution in [3.05, 3.63) is 0 Å². The lowest BCUT2D eigenvalue weighted by atomic mass is 10.3. The molecule has 0 saturated heterocycles. The van der Waals surface area contributed by atoms with E-state index < -0.39 is 24.9 Å². The van der Waals surface area contributed by atoms with Crippen LogP contribution in [0.15, 0.2) is 0 Å². The van der Waals surface area contributed by atoms with Crippen LogP contribution in [-0.2, 0) is 0 Å². The van der Waals surface area contributed by atoms with Gasteiger partial charge in [0.2, 0.25) is 0 Å². The fraction of sp³-hybridized carbons (Fsp3) is 1.00. The second kappa shape index (κ2) is 10.3. The van der Waals surface area contributed by atoms with E-state index in [0.29, 0.717) is 0 Å². The normalized spacial score (nSPS) is 18.3. The van der Waals surface area contributed by atoms with E-state index in [4.69, 9.17) is 22.9 Å². The van der Waals surface area contributed by atoms with Gasteiger partial charge >= 0.3 is 0 Å². The molecule has 0 aromatic rings. The SMILES string of the molecule is NCC(O)N(CCN(C(O)CN)C(O)CN)C(O)CN. The van der Waals surface area contributed by atoms with Gasteiger partial charge in [0.15, 0.2) is 0 Å². The first-order valence-corrected chi connectivity index (χ1v) is 6.46. The van der Waals surface area contributed by atoms with Crippen LogP contribution in [0.4, 0.5) is 0 Å². The number of rotatable bonds is 11. The summed E-state index contributed by atoms with van der Waals surface area (Å²) in [4.78, 5) is 2.53. The Labute approximate surface area is 118 Å². The molecule has 0 aromatic heterocycles. The van der Waals surface area contributed by atoms with E-state index in [1.807, 2.05) is 0 Å². The smallest absolute Gasteiger partial charge is 0.121 e. The zero-order valence-corrected chi connectivity index (χ0v) is 11.5. The Kier molecular flexibility index (Phi) is 10.1. The third-order valence-corrected chi connectivity index (χ3v) is 2.99.